The van der Waals surface area contributed by atoms with Crippen LogP contribution in [0.2, 0.25) is 8.87 Å². The van der Waals surface area contributed by atoms with Gasteiger partial charge in [-0.05, 0) is 0 Å². The van der Waals surface area contributed by atoms with E-state index in [-0.39, 0.29) is 23.7 Å². The zero-order valence-electron chi connectivity index (χ0n) is 16.8. The monoisotopic (exact) mass is 502 g/mol. The van der Waals surface area contributed by atoms with E-state index in [1.165, 1.54) is 39.5 Å². The van der Waals surface area contributed by atoms with Gasteiger partial charge in [0.1, 0.15) is 0 Å². The number of hydrogen-bond acceptors (Lipinski definition) is 5. The molecule has 0 aromatic heterocycles. The zero-order chi connectivity index (χ0) is 19.3. The first-order valence-corrected chi connectivity index (χ1v) is 18.5. The molecule has 6 heteroatoms. The van der Waals surface area contributed by atoms with Crippen molar-refractivity contribution in [2.75, 3.05) is 4.62 Å². The third-order valence-corrected chi connectivity index (χ3v) is 18.2. The van der Waals surface area contributed by atoms with Crippen molar-refractivity contribution in [1.29, 1.82) is 0 Å². The van der Waals surface area contributed by atoms with Crippen LogP contribution in [0, 0.1) is 0 Å². The SMILES string of the molecule is CCC[CH2][Sn]1([CH2]CCC)[CH2]O[C@@H]2[C@@H](O)[C@H](C)O[C@@H](Sc3ccccc3)[C@@H]2[O]1. The average Bonchev–Trinajstić information content (AvgIpc) is 2.69. The molecule has 2 aliphatic heterocycles. The van der Waals surface area contributed by atoms with Gasteiger partial charge in [0.25, 0.3) is 0 Å². The Balaban J connectivity index is 1.80. The van der Waals surface area contributed by atoms with E-state index in [2.05, 4.69) is 26.0 Å². The summed E-state index contributed by atoms with van der Waals surface area (Å²) in [7, 11) is 0. The molecule has 1 N–H and O–H groups in total. The molecule has 0 unspecified atom stereocenters. The van der Waals surface area contributed by atoms with E-state index in [0.717, 1.165) is 4.62 Å². The maximum atomic E-state index is 10.7. The van der Waals surface area contributed by atoms with Crippen LogP contribution in [0.4, 0.5) is 0 Å². The average molecular weight is 501 g/mol. The van der Waals surface area contributed by atoms with Crippen molar-refractivity contribution in [1.82, 2.24) is 0 Å². The molecule has 27 heavy (non-hydrogen) atoms. The van der Waals surface area contributed by atoms with Gasteiger partial charge >= 0.3 is 173 Å². The Morgan fingerprint density at radius 2 is 1.74 bits per heavy atom. The summed E-state index contributed by atoms with van der Waals surface area (Å²) >= 11 is -1.15. The summed E-state index contributed by atoms with van der Waals surface area (Å²) in [5, 5.41) is 10.7. The molecule has 152 valence electrons. The molecule has 0 amide bonds. The molecule has 2 heterocycles. The van der Waals surface area contributed by atoms with Gasteiger partial charge in [-0.1, -0.05) is 0 Å². The van der Waals surface area contributed by atoms with Crippen molar-refractivity contribution < 1.29 is 17.7 Å². The van der Waals surface area contributed by atoms with E-state index < -0.39 is 24.9 Å². The van der Waals surface area contributed by atoms with Crippen LogP contribution >= 0.6 is 11.8 Å². The molecule has 3 rings (SSSR count). The molecule has 0 bridgehead atoms. The number of unbranched alkanes of at least 4 members (excludes halogenated alkanes) is 2. The zero-order valence-corrected chi connectivity index (χ0v) is 20.5. The number of aliphatic hydroxyl groups is 1. The molecule has 2 aliphatic rings. The van der Waals surface area contributed by atoms with Crippen LogP contribution in [0.25, 0.3) is 0 Å². The van der Waals surface area contributed by atoms with Gasteiger partial charge in [0, 0.05) is 0 Å². The van der Waals surface area contributed by atoms with Crippen molar-refractivity contribution >= 4 is 30.6 Å². The number of rotatable bonds is 8. The summed E-state index contributed by atoms with van der Waals surface area (Å²) in [6, 6.07) is 10.3. The fraction of sp³-hybridized carbons (Fsp3) is 0.714. The van der Waals surface area contributed by atoms with Crippen molar-refractivity contribution in [2.24, 2.45) is 0 Å². The molecule has 2 saturated heterocycles. The second-order valence-corrected chi connectivity index (χ2v) is 20.2. The van der Waals surface area contributed by atoms with E-state index in [9.17, 15) is 5.11 Å². The summed E-state index contributed by atoms with van der Waals surface area (Å²) in [6.07, 6.45) is 3.52. The molecule has 1 aromatic carbocycles. The Morgan fingerprint density at radius 3 is 2.37 bits per heavy atom. The molecule has 2 fully saturated rings. The Labute approximate surface area is 172 Å². The maximum absolute atomic E-state index is 10.7. The molecule has 0 saturated carbocycles. The minimum absolute atomic E-state index is 0.129. The van der Waals surface area contributed by atoms with Gasteiger partial charge in [-0.15, -0.1) is 0 Å². The molecular weight excluding hydrogens is 467 g/mol. The van der Waals surface area contributed by atoms with Crippen molar-refractivity contribution in [2.45, 2.75) is 90.1 Å². The first-order valence-electron chi connectivity index (χ1n) is 10.4. The molecule has 0 spiro atoms. The van der Waals surface area contributed by atoms with Crippen LogP contribution < -0.4 is 0 Å². The van der Waals surface area contributed by atoms with Crippen LogP contribution in [0.1, 0.15) is 46.5 Å². The first-order chi connectivity index (χ1) is 13.1. The molecule has 0 aliphatic carbocycles. The number of aliphatic hydroxyl groups excluding tert-OH is 1. The Morgan fingerprint density at radius 1 is 1.07 bits per heavy atom. The standard InChI is InChI=1S/C13H16O4S.2C4H9.Sn/c1-8-10(14)12(16-2)11(15)13(17-8)18-9-6-4-3-5-7-9;2*1-3-4-2;/h3-8,10-14H,2H2,1H3;2*1,3-4H2,2H3;/q-1;;;+1/t8-,10-,11+,12+,13-;;;/m0.../s1. The van der Waals surface area contributed by atoms with Gasteiger partial charge in [0.2, 0.25) is 0 Å². The molecule has 5 atom stereocenters. The third-order valence-electron chi connectivity index (χ3n) is 5.65. The second kappa shape index (κ2) is 10.3. The predicted molar refractivity (Wildman–Crippen MR) is 112 cm³/mol. The summed E-state index contributed by atoms with van der Waals surface area (Å²) in [6.45, 7) is 6.42. The molecular formula is C21H34O4SSn. The first kappa shape index (κ1) is 21.9. The summed E-state index contributed by atoms with van der Waals surface area (Å²) in [5.74, 6) is 0. The summed E-state index contributed by atoms with van der Waals surface area (Å²) < 4.78 is 22.8. The second-order valence-electron chi connectivity index (χ2n) is 7.88. The fourth-order valence-electron chi connectivity index (χ4n) is 3.99. The van der Waals surface area contributed by atoms with Crippen LogP contribution in [-0.4, -0.2) is 58.4 Å². The van der Waals surface area contributed by atoms with Gasteiger partial charge in [-0.2, -0.15) is 0 Å². The number of thioether (sulfide) groups is 1. The molecule has 1 aromatic rings. The van der Waals surface area contributed by atoms with Crippen LogP contribution in [0.15, 0.2) is 35.2 Å². The van der Waals surface area contributed by atoms with Gasteiger partial charge in [0.05, 0.1) is 0 Å². The van der Waals surface area contributed by atoms with Crippen molar-refractivity contribution in [3.63, 3.8) is 0 Å². The van der Waals surface area contributed by atoms with Crippen molar-refractivity contribution in [3.05, 3.63) is 30.3 Å². The van der Waals surface area contributed by atoms with E-state index in [1.807, 2.05) is 25.1 Å². The van der Waals surface area contributed by atoms with Crippen LogP contribution in [-0.2, 0) is 12.5 Å². The van der Waals surface area contributed by atoms with E-state index in [1.54, 1.807) is 11.8 Å². The summed E-state index contributed by atoms with van der Waals surface area (Å²) in [4.78, 5) is 1.17. The number of benzene rings is 1. The van der Waals surface area contributed by atoms with Gasteiger partial charge in [-0.25, -0.2) is 0 Å². The summed E-state index contributed by atoms with van der Waals surface area (Å²) in [5.41, 5.74) is -0.129. The fourth-order valence-corrected chi connectivity index (χ4v) is 17.3. The minimum atomic E-state index is -2.85. The predicted octanol–water partition coefficient (Wildman–Crippen LogP) is 4.75. The van der Waals surface area contributed by atoms with E-state index in [0.29, 0.717) is 0 Å². The Bertz CT molecular complexity index is 565. The van der Waals surface area contributed by atoms with Crippen LogP contribution in [0.5, 0.6) is 0 Å². The van der Waals surface area contributed by atoms with Gasteiger partial charge in [0.15, 0.2) is 0 Å². The van der Waals surface area contributed by atoms with Crippen LogP contribution in [0.3, 0.4) is 0 Å². The Hall–Kier alpha value is 0.209. The van der Waals surface area contributed by atoms with Gasteiger partial charge < -0.3 is 0 Å². The topological polar surface area (TPSA) is 47.9 Å². The van der Waals surface area contributed by atoms with E-state index in [4.69, 9.17) is 12.5 Å². The number of ether oxygens (including phenoxy) is 2. The molecule has 0 radical (unpaired) electrons. The Kier molecular flexibility index (Phi) is 8.36. The van der Waals surface area contributed by atoms with Gasteiger partial charge in [-0.3, -0.25) is 0 Å². The third kappa shape index (κ3) is 5.43. The molecule has 4 nitrogen and oxygen atoms in total. The number of hydrogen-bond donors (Lipinski definition) is 1. The quantitative estimate of drug-likeness (QED) is 0.522. The van der Waals surface area contributed by atoms with Crippen molar-refractivity contribution in [3.8, 4) is 0 Å². The van der Waals surface area contributed by atoms with E-state index >= 15 is 0 Å². The normalized spacial score (nSPS) is 32.8. The number of fused-ring (bicyclic) bond motifs is 1.